The number of aromatic nitrogens is 1. The minimum atomic E-state index is -0.304. The molecule has 0 unspecified atom stereocenters. The van der Waals surface area contributed by atoms with Crippen molar-refractivity contribution in [2.45, 2.75) is 6.92 Å². The molecule has 0 aliphatic carbocycles. The van der Waals surface area contributed by atoms with E-state index < -0.39 is 0 Å². The van der Waals surface area contributed by atoms with Crippen molar-refractivity contribution in [3.05, 3.63) is 82.8 Å². The standard InChI is InChI=1S/C22H17FN2OS2/c1-3-12-25(22-24-17(13-27-22)15-8-5-4-6-9-15)21(26)20-14(2)19-16(23)10-7-11-18(19)28-20/h3-11,13H,1,12H2,2H3. The van der Waals surface area contributed by atoms with Crippen molar-refractivity contribution >= 4 is 43.8 Å². The molecular weight excluding hydrogens is 391 g/mol. The summed E-state index contributed by atoms with van der Waals surface area (Å²) in [4.78, 5) is 20.1. The van der Waals surface area contributed by atoms with Crippen molar-refractivity contribution in [3.63, 3.8) is 0 Å². The van der Waals surface area contributed by atoms with E-state index in [1.807, 2.05) is 41.8 Å². The van der Waals surface area contributed by atoms with E-state index >= 15 is 0 Å². The molecule has 0 saturated carbocycles. The van der Waals surface area contributed by atoms with Gasteiger partial charge in [0, 0.05) is 27.6 Å². The third-order valence-corrected chi connectivity index (χ3v) is 6.56. The molecule has 0 radical (unpaired) electrons. The second-order valence-corrected chi connectivity index (χ2v) is 8.14. The van der Waals surface area contributed by atoms with Crippen molar-refractivity contribution in [1.82, 2.24) is 4.98 Å². The van der Waals surface area contributed by atoms with E-state index in [9.17, 15) is 9.18 Å². The largest absolute Gasteiger partial charge is 0.279 e. The number of fused-ring (bicyclic) bond motifs is 1. The number of thiophene rings is 1. The Balaban J connectivity index is 1.74. The van der Waals surface area contributed by atoms with Gasteiger partial charge in [-0.2, -0.15) is 0 Å². The number of halogens is 1. The fourth-order valence-corrected chi connectivity index (χ4v) is 5.10. The SMILES string of the molecule is C=CCN(C(=O)c1sc2cccc(F)c2c1C)c1nc(-c2ccccc2)cs1. The third-order valence-electron chi connectivity index (χ3n) is 4.45. The number of carbonyl (C=O) groups excluding carboxylic acids is 1. The summed E-state index contributed by atoms with van der Waals surface area (Å²) in [6.45, 7) is 5.89. The minimum absolute atomic E-state index is 0.188. The van der Waals surface area contributed by atoms with Crippen molar-refractivity contribution in [3.8, 4) is 11.3 Å². The number of rotatable bonds is 5. The van der Waals surface area contributed by atoms with Gasteiger partial charge in [0.15, 0.2) is 5.13 Å². The Kier molecular flexibility index (Phi) is 5.07. The van der Waals surface area contributed by atoms with Gasteiger partial charge in [-0.1, -0.05) is 42.5 Å². The molecule has 0 spiro atoms. The zero-order valence-corrected chi connectivity index (χ0v) is 16.8. The average molecular weight is 409 g/mol. The molecule has 0 aliphatic heterocycles. The quantitative estimate of drug-likeness (QED) is 0.363. The van der Waals surface area contributed by atoms with Crippen LogP contribution in [0.2, 0.25) is 0 Å². The lowest BCUT2D eigenvalue weighted by atomic mass is 10.1. The number of thiazole rings is 1. The number of benzene rings is 2. The van der Waals surface area contributed by atoms with Gasteiger partial charge in [0.25, 0.3) is 5.91 Å². The molecule has 0 fully saturated rings. The highest BCUT2D eigenvalue weighted by atomic mass is 32.1. The van der Waals surface area contributed by atoms with Gasteiger partial charge in [-0.25, -0.2) is 9.37 Å². The number of nitrogens with zero attached hydrogens (tertiary/aromatic N) is 2. The molecule has 0 bridgehead atoms. The first kappa shape index (κ1) is 18.5. The molecule has 4 aromatic rings. The summed E-state index contributed by atoms with van der Waals surface area (Å²) in [5.41, 5.74) is 2.48. The third kappa shape index (κ3) is 3.25. The first-order valence-electron chi connectivity index (χ1n) is 8.71. The number of carbonyl (C=O) groups is 1. The highest BCUT2D eigenvalue weighted by molar-refractivity contribution is 7.21. The summed E-state index contributed by atoms with van der Waals surface area (Å²) in [6.07, 6.45) is 1.67. The lowest BCUT2D eigenvalue weighted by Gasteiger charge is -2.17. The van der Waals surface area contributed by atoms with Crippen LogP contribution in [0.15, 0.2) is 66.6 Å². The van der Waals surface area contributed by atoms with Crippen LogP contribution in [0.3, 0.4) is 0 Å². The first-order valence-corrected chi connectivity index (χ1v) is 10.4. The maximum absolute atomic E-state index is 14.2. The summed E-state index contributed by atoms with van der Waals surface area (Å²) in [6, 6.07) is 14.7. The molecule has 4 rings (SSSR count). The van der Waals surface area contributed by atoms with E-state index in [2.05, 4.69) is 11.6 Å². The molecule has 0 atom stereocenters. The van der Waals surface area contributed by atoms with Crippen LogP contribution in [-0.2, 0) is 0 Å². The van der Waals surface area contributed by atoms with Crippen LogP contribution in [0.5, 0.6) is 0 Å². The highest BCUT2D eigenvalue weighted by Gasteiger charge is 2.25. The fraction of sp³-hybridized carbons (Fsp3) is 0.0909. The van der Waals surface area contributed by atoms with Crippen LogP contribution in [-0.4, -0.2) is 17.4 Å². The van der Waals surface area contributed by atoms with Gasteiger partial charge in [-0.15, -0.1) is 29.3 Å². The molecular formula is C22H17FN2OS2. The molecule has 2 aromatic carbocycles. The predicted octanol–water partition coefficient (Wildman–Crippen LogP) is 6.31. The molecule has 2 aromatic heterocycles. The second-order valence-electron chi connectivity index (χ2n) is 6.25. The van der Waals surface area contributed by atoms with Crippen LogP contribution in [0.4, 0.5) is 9.52 Å². The summed E-state index contributed by atoms with van der Waals surface area (Å²) in [5.74, 6) is -0.492. The molecule has 0 aliphatic rings. The second kappa shape index (κ2) is 7.66. The van der Waals surface area contributed by atoms with E-state index in [1.165, 1.54) is 28.7 Å². The summed E-state index contributed by atoms with van der Waals surface area (Å²) in [5, 5.41) is 3.05. The van der Waals surface area contributed by atoms with Gasteiger partial charge in [0.05, 0.1) is 10.6 Å². The van der Waals surface area contributed by atoms with Crippen molar-refractivity contribution in [2.24, 2.45) is 0 Å². The fourth-order valence-electron chi connectivity index (χ4n) is 3.09. The topological polar surface area (TPSA) is 33.2 Å². The van der Waals surface area contributed by atoms with Gasteiger partial charge in [-0.3, -0.25) is 9.69 Å². The van der Waals surface area contributed by atoms with Crippen molar-refractivity contribution in [2.75, 3.05) is 11.4 Å². The van der Waals surface area contributed by atoms with Crippen molar-refractivity contribution in [1.29, 1.82) is 0 Å². The number of aryl methyl sites for hydroxylation is 1. The number of amides is 1. The monoisotopic (exact) mass is 408 g/mol. The van der Waals surface area contributed by atoms with Gasteiger partial charge < -0.3 is 0 Å². The highest BCUT2D eigenvalue weighted by Crippen LogP contribution is 2.35. The van der Waals surface area contributed by atoms with Crippen LogP contribution >= 0.6 is 22.7 Å². The van der Waals surface area contributed by atoms with Crippen LogP contribution < -0.4 is 4.90 Å². The lowest BCUT2D eigenvalue weighted by molar-refractivity contribution is 0.0993. The van der Waals surface area contributed by atoms with E-state index in [4.69, 9.17) is 0 Å². The van der Waals surface area contributed by atoms with Crippen molar-refractivity contribution < 1.29 is 9.18 Å². The Labute approximate surface area is 170 Å². The van der Waals surface area contributed by atoms with Crippen LogP contribution in [0, 0.1) is 12.7 Å². The molecule has 1 amide bonds. The Bertz CT molecular complexity index is 1160. The summed E-state index contributed by atoms with van der Waals surface area (Å²) < 4.78 is 15.0. The lowest BCUT2D eigenvalue weighted by Crippen LogP contribution is -2.30. The van der Waals surface area contributed by atoms with Gasteiger partial charge in [-0.05, 0) is 24.6 Å². The zero-order chi connectivity index (χ0) is 19.7. The van der Waals surface area contributed by atoms with Gasteiger partial charge in [0.2, 0.25) is 0 Å². The van der Waals surface area contributed by atoms with Gasteiger partial charge in [0.1, 0.15) is 5.82 Å². The molecule has 0 N–H and O–H groups in total. The van der Waals surface area contributed by atoms with E-state index in [0.717, 1.165) is 16.0 Å². The number of anilines is 1. The van der Waals surface area contributed by atoms with Crippen LogP contribution in [0.25, 0.3) is 21.3 Å². The maximum atomic E-state index is 14.2. The normalized spacial score (nSPS) is 10.9. The molecule has 0 saturated heterocycles. The Hall–Kier alpha value is -2.83. The zero-order valence-electron chi connectivity index (χ0n) is 15.2. The Morgan fingerprint density at radius 2 is 2.00 bits per heavy atom. The molecule has 140 valence electrons. The van der Waals surface area contributed by atoms with E-state index in [0.29, 0.717) is 27.5 Å². The Morgan fingerprint density at radius 3 is 2.71 bits per heavy atom. The van der Waals surface area contributed by atoms with E-state index in [-0.39, 0.29) is 11.7 Å². The maximum Gasteiger partial charge on any atom is 0.270 e. The number of hydrogen-bond donors (Lipinski definition) is 0. The summed E-state index contributed by atoms with van der Waals surface area (Å²) in [7, 11) is 0. The molecule has 3 nitrogen and oxygen atoms in total. The Morgan fingerprint density at radius 1 is 1.21 bits per heavy atom. The minimum Gasteiger partial charge on any atom is -0.279 e. The summed E-state index contributed by atoms with van der Waals surface area (Å²) >= 11 is 2.72. The predicted molar refractivity (Wildman–Crippen MR) is 116 cm³/mol. The molecule has 6 heteroatoms. The smallest absolute Gasteiger partial charge is 0.270 e. The van der Waals surface area contributed by atoms with Crippen LogP contribution in [0.1, 0.15) is 15.2 Å². The number of hydrogen-bond acceptors (Lipinski definition) is 4. The van der Waals surface area contributed by atoms with E-state index in [1.54, 1.807) is 24.0 Å². The average Bonchev–Trinajstić information content (AvgIpc) is 3.32. The molecule has 2 heterocycles. The molecule has 28 heavy (non-hydrogen) atoms. The first-order chi connectivity index (χ1) is 13.6. The van der Waals surface area contributed by atoms with Gasteiger partial charge >= 0.3 is 0 Å².